The summed E-state index contributed by atoms with van der Waals surface area (Å²) in [6.45, 7) is 0.212. The summed E-state index contributed by atoms with van der Waals surface area (Å²) in [6.07, 6.45) is 3.39. The van der Waals surface area contributed by atoms with E-state index in [2.05, 4.69) is 10.0 Å². The van der Waals surface area contributed by atoms with Gasteiger partial charge in [0.05, 0.1) is 4.90 Å². The predicted molar refractivity (Wildman–Crippen MR) is 80.2 cm³/mol. The van der Waals surface area contributed by atoms with Crippen LogP contribution in [-0.2, 0) is 21.4 Å². The number of nitrogens with one attached hydrogen (secondary N) is 2. The first-order valence-electron chi connectivity index (χ1n) is 7.07. The van der Waals surface area contributed by atoms with Crippen molar-refractivity contribution in [1.29, 1.82) is 0 Å². The number of nitrogens with two attached hydrogens (primary N) is 1. The molecule has 1 aliphatic rings. The number of carbonyl (C=O) groups is 2. The number of hydrogen-bond donors (Lipinski definition) is 3. The predicted octanol–water partition coefficient (Wildman–Crippen LogP) is 0.850. The minimum absolute atomic E-state index is 0.0154. The molecule has 1 fully saturated rings. The zero-order valence-corrected chi connectivity index (χ0v) is 12.9. The van der Waals surface area contributed by atoms with Crippen molar-refractivity contribution >= 4 is 22.0 Å². The second-order valence-electron chi connectivity index (χ2n) is 5.31. The first-order chi connectivity index (χ1) is 10.4. The lowest BCUT2D eigenvalue weighted by Crippen LogP contribution is -2.34. The van der Waals surface area contributed by atoms with Gasteiger partial charge in [-0.05, 0) is 30.5 Å². The Labute approximate surface area is 129 Å². The van der Waals surface area contributed by atoms with E-state index < -0.39 is 22.0 Å². The molecule has 3 amide bonds. The largest absolute Gasteiger partial charge is 0.352 e. The number of primary amides is 1. The van der Waals surface area contributed by atoms with E-state index in [1.165, 1.54) is 12.1 Å². The van der Waals surface area contributed by atoms with Crippen LogP contribution in [0.25, 0.3) is 0 Å². The van der Waals surface area contributed by atoms with E-state index in [4.69, 9.17) is 5.73 Å². The lowest BCUT2D eigenvalue weighted by atomic mass is 10.1. The fraction of sp³-hybridized carbons (Fsp3) is 0.429. The Morgan fingerprint density at radius 1 is 1.14 bits per heavy atom. The van der Waals surface area contributed by atoms with Gasteiger partial charge in [0, 0.05) is 12.5 Å². The van der Waals surface area contributed by atoms with Gasteiger partial charge in [-0.15, -0.1) is 0 Å². The van der Waals surface area contributed by atoms with Crippen molar-refractivity contribution in [2.45, 2.75) is 37.1 Å². The molecule has 0 aliphatic heterocycles. The van der Waals surface area contributed by atoms with Crippen LogP contribution in [0.3, 0.4) is 0 Å². The van der Waals surface area contributed by atoms with Crippen LogP contribution in [0.15, 0.2) is 29.2 Å². The number of amides is 3. The third-order valence-electron chi connectivity index (χ3n) is 3.66. The molecule has 0 aromatic heterocycles. The van der Waals surface area contributed by atoms with Crippen LogP contribution in [0.1, 0.15) is 31.2 Å². The van der Waals surface area contributed by atoms with Crippen molar-refractivity contribution in [1.82, 2.24) is 10.0 Å². The Morgan fingerprint density at radius 2 is 1.73 bits per heavy atom. The molecule has 8 heteroatoms. The Morgan fingerprint density at radius 3 is 2.27 bits per heavy atom. The van der Waals surface area contributed by atoms with Gasteiger partial charge < -0.3 is 11.1 Å². The summed E-state index contributed by atoms with van der Waals surface area (Å²) in [5.41, 5.74) is 5.67. The normalized spacial score (nSPS) is 15.5. The summed E-state index contributed by atoms with van der Waals surface area (Å²) < 4.78 is 26.4. The molecule has 0 radical (unpaired) electrons. The maximum absolute atomic E-state index is 12.2. The van der Waals surface area contributed by atoms with E-state index in [0.29, 0.717) is 5.56 Å². The van der Waals surface area contributed by atoms with Crippen molar-refractivity contribution in [2.24, 2.45) is 11.7 Å². The minimum Gasteiger partial charge on any atom is -0.352 e. The Hall–Kier alpha value is -2.09. The van der Waals surface area contributed by atoms with Crippen molar-refractivity contribution in [2.75, 3.05) is 0 Å². The van der Waals surface area contributed by atoms with E-state index in [9.17, 15) is 18.0 Å². The van der Waals surface area contributed by atoms with Crippen molar-refractivity contribution in [3.63, 3.8) is 0 Å². The van der Waals surface area contributed by atoms with Gasteiger partial charge in [0.25, 0.3) is 10.0 Å². The number of hydrogen-bond acceptors (Lipinski definition) is 4. The molecule has 0 atom stereocenters. The van der Waals surface area contributed by atoms with Gasteiger partial charge in [-0.3, -0.25) is 4.79 Å². The average Bonchev–Trinajstić information content (AvgIpc) is 2.99. The fourth-order valence-electron chi connectivity index (χ4n) is 2.44. The van der Waals surface area contributed by atoms with E-state index in [0.717, 1.165) is 25.7 Å². The molecule has 1 aromatic carbocycles. The van der Waals surface area contributed by atoms with Crippen LogP contribution in [0.5, 0.6) is 0 Å². The van der Waals surface area contributed by atoms with E-state index in [-0.39, 0.29) is 17.4 Å². The van der Waals surface area contributed by atoms with Gasteiger partial charge >= 0.3 is 6.03 Å². The topological polar surface area (TPSA) is 118 Å². The van der Waals surface area contributed by atoms with Crippen molar-refractivity contribution < 1.29 is 18.0 Å². The van der Waals surface area contributed by atoms with E-state index >= 15 is 0 Å². The second-order valence-corrected chi connectivity index (χ2v) is 7.00. The monoisotopic (exact) mass is 325 g/mol. The third kappa shape index (κ3) is 4.20. The summed E-state index contributed by atoms with van der Waals surface area (Å²) in [7, 11) is -3.86. The maximum atomic E-state index is 12.2. The fourth-order valence-corrected chi connectivity index (χ4v) is 3.48. The summed E-state index contributed by atoms with van der Waals surface area (Å²) in [5, 5.41) is 2.41. The van der Waals surface area contributed by atoms with Gasteiger partial charge in [-0.25, -0.2) is 17.9 Å². The lowest BCUT2D eigenvalue weighted by molar-refractivity contribution is -0.122. The quantitative estimate of drug-likeness (QED) is 0.743. The molecule has 7 nitrogen and oxygen atoms in total. The Kier molecular flexibility index (Phi) is 5.02. The van der Waals surface area contributed by atoms with Gasteiger partial charge in [-0.1, -0.05) is 25.0 Å². The molecule has 0 heterocycles. The number of carbonyl (C=O) groups excluding carboxylic acids is 2. The molecule has 0 unspecified atom stereocenters. The molecule has 1 aliphatic carbocycles. The molecule has 0 bridgehead atoms. The summed E-state index contributed by atoms with van der Waals surface area (Å²) in [4.78, 5) is 22.6. The van der Waals surface area contributed by atoms with Crippen LogP contribution < -0.4 is 15.8 Å². The van der Waals surface area contributed by atoms with E-state index in [1.54, 1.807) is 12.1 Å². The SMILES string of the molecule is NC(=O)NCc1ccc(S(=O)(=O)NC(=O)C2CCCC2)cc1. The molecule has 2 rings (SSSR count). The number of benzene rings is 1. The zero-order chi connectivity index (χ0) is 16.2. The van der Waals surface area contributed by atoms with Gasteiger partial charge in [0.2, 0.25) is 5.91 Å². The standard InChI is InChI=1S/C14H19N3O4S/c15-14(19)16-9-10-5-7-12(8-6-10)22(20,21)17-13(18)11-3-1-2-4-11/h5-8,11H,1-4,9H2,(H,17,18)(H3,15,16,19). The molecule has 120 valence electrons. The number of sulfonamides is 1. The zero-order valence-electron chi connectivity index (χ0n) is 12.0. The molecular weight excluding hydrogens is 306 g/mol. The van der Waals surface area contributed by atoms with Crippen LogP contribution in [0.4, 0.5) is 4.79 Å². The van der Waals surface area contributed by atoms with Crippen LogP contribution in [-0.4, -0.2) is 20.4 Å². The highest BCUT2D eigenvalue weighted by atomic mass is 32.2. The second kappa shape index (κ2) is 6.78. The van der Waals surface area contributed by atoms with Gasteiger partial charge in [0.15, 0.2) is 0 Å². The molecule has 22 heavy (non-hydrogen) atoms. The average molecular weight is 325 g/mol. The lowest BCUT2D eigenvalue weighted by Gasteiger charge is -2.11. The van der Waals surface area contributed by atoms with Gasteiger partial charge in [0.1, 0.15) is 0 Å². The smallest absolute Gasteiger partial charge is 0.312 e. The van der Waals surface area contributed by atoms with Crippen LogP contribution >= 0.6 is 0 Å². The first-order valence-corrected chi connectivity index (χ1v) is 8.56. The molecule has 0 saturated heterocycles. The number of rotatable bonds is 5. The molecular formula is C14H19N3O4S. The number of urea groups is 1. The van der Waals surface area contributed by atoms with Crippen molar-refractivity contribution in [3.05, 3.63) is 29.8 Å². The molecule has 4 N–H and O–H groups in total. The molecule has 0 spiro atoms. The highest BCUT2D eigenvalue weighted by Gasteiger charge is 2.26. The van der Waals surface area contributed by atoms with Crippen molar-refractivity contribution in [3.8, 4) is 0 Å². The highest BCUT2D eigenvalue weighted by Crippen LogP contribution is 2.25. The molecule has 1 saturated carbocycles. The summed E-state index contributed by atoms with van der Waals surface area (Å²) in [5.74, 6) is -0.647. The van der Waals surface area contributed by atoms with Gasteiger partial charge in [-0.2, -0.15) is 0 Å². The highest BCUT2D eigenvalue weighted by molar-refractivity contribution is 7.90. The Bertz CT molecular complexity index is 649. The summed E-state index contributed by atoms with van der Waals surface area (Å²) >= 11 is 0. The molecule has 1 aromatic rings. The maximum Gasteiger partial charge on any atom is 0.312 e. The van der Waals surface area contributed by atoms with Crippen LogP contribution in [0, 0.1) is 5.92 Å². The third-order valence-corrected chi connectivity index (χ3v) is 5.02. The first kappa shape index (κ1) is 16.3. The van der Waals surface area contributed by atoms with E-state index in [1.807, 2.05) is 0 Å². The Balaban J connectivity index is 2.02. The minimum atomic E-state index is -3.86. The van der Waals surface area contributed by atoms with Crippen LogP contribution in [0.2, 0.25) is 0 Å². The summed E-state index contributed by atoms with van der Waals surface area (Å²) in [6, 6.07) is 5.25.